The van der Waals surface area contributed by atoms with Gasteiger partial charge in [-0.25, -0.2) is 4.79 Å². The maximum atomic E-state index is 12.4. The first-order valence-corrected chi connectivity index (χ1v) is 13.8. The highest BCUT2D eigenvalue weighted by Gasteiger charge is 2.16. The number of carbonyl (C=O) groups excluding carboxylic acids is 1. The Morgan fingerprint density at radius 1 is 0.694 bits per heavy atom. The fourth-order valence-corrected chi connectivity index (χ4v) is 3.78. The lowest BCUT2D eigenvalue weighted by atomic mass is 9.94. The van der Waals surface area contributed by atoms with Gasteiger partial charge in [0.05, 0.1) is 0 Å². The highest BCUT2D eigenvalue weighted by molar-refractivity contribution is 5.85. The molecule has 0 bridgehead atoms. The van der Waals surface area contributed by atoms with Crippen LogP contribution >= 0.6 is 0 Å². The summed E-state index contributed by atoms with van der Waals surface area (Å²) in [6.07, 6.45) is 33.9. The Morgan fingerprint density at radius 3 is 1.69 bits per heavy atom. The monoisotopic (exact) mass is 488 g/mol. The molecule has 0 spiro atoms. The molecule has 2 heteroatoms. The van der Waals surface area contributed by atoms with E-state index in [1.165, 1.54) is 51.0 Å². The molecule has 0 N–H and O–H groups in total. The molecular weight excluding hydrogens is 440 g/mol. The lowest BCUT2D eigenvalue weighted by Crippen LogP contribution is -2.09. The SMILES string of the molecule is CCCCCCCCCC=CC=CC=CC=CC=CC=CC(=O)Oc1c(C(C)C)cccc1C(C)C. The van der Waals surface area contributed by atoms with Crippen LogP contribution in [0.15, 0.2) is 91.1 Å². The summed E-state index contributed by atoms with van der Waals surface area (Å²) in [5, 5.41) is 0. The summed E-state index contributed by atoms with van der Waals surface area (Å²) in [5.41, 5.74) is 2.12. The van der Waals surface area contributed by atoms with Crippen LogP contribution in [0.1, 0.15) is 109 Å². The van der Waals surface area contributed by atoms with Crippen molar-refractivity contribution in [1.82, 2.24) is 0 Å². The van der Waals surface area contributed by atoms with Crippen LogP contribution in [-0.4, -0.2) is 5.97 Å². The van der Waals surface area contributed by atoms with E-state index in [4.69, 9.17) is 4.74 Å². The normalized spacial score (nSPS) is 12.9. The van der Waals surface area contributed by atoms with Crippen LogP contribution in [0.3, 0.4) is 0 Å². The van der Waals surface area contributed by atoms with Gasteiger partial charge in [0.1, 0.15) is 5.75 Å². The number of hydrogen-bond acceptors (Lipinski definition) is 2. The van der Waals surface area contributed by atoms with Crippen LogP contribution in [0, 0.1) is 0 Å². The van der Waals surface area contributed by atoms with Crippen LogP contribution in [0.4, 0.5) is 0 Å². The second-order valence-corrected chi connectivity index (χ2v) is 9.73. The van der Waals surface area contributed by atoms with Gasteiger partial charge in [0.2, 0.25) is 0 Å². The second-order valence-electron chi connectivity index (χ2n) is 9.73. The molecule has 0 saturated carbocycles. The molecule has 0 amide bonds. The molecule has 0 aliphatic carbocycles. The first-order chi connectivity index (χ1) is 17.5. The maximum absolute atomic E-state index is 12.4. The standard InChI is InChI=1S/C34H48O2/c1-6-7-8-9-10-11-12-13-14-15-16-17-18-19-20-21-22-23-24-28-33(35)36-34-31(29(2)3)26-25-27-32(34)30(4)5/h14-30H,6-13H2,1-5H3. The number of carbonyl (C=O) groups is 1. The Morgan fingerprint density at radius 2 is 1.17 bits per heavy atom. The zero-order valence-electron chi connectivity index (χ0n) is 23.3. The lowest BCUT2D eigenvalue weighted by molar-refractivity contribution is -0.129. The average Bonchev–Trinajstić information content (AvgIpc) is 2.85. The summed E-state index contributed by atoms with van der Waals surface area (Å²) in [4.78, 5) is 12.4. The summed E-state index contributed by atoms with van der Waals surface area (Å²) in [6, 6.07) is 6.10. The van der Waals surface area contributed by atoms with Gasteiger partial charge in [-0.05, 0) is 35.8 Å². The molecule has 1 rings (SSSR count). The van der Waals surface area contributed by atoms with E-state index in [2.05, 4.69) is 52.8 Å². The predicted octanol–water partition coefficient (Wildman–Crippen LogP) is 10.3. The van der Waals surface area contributed by atoms with Gasteiger partial charge in [-0.3, -0.25) is 0 Å². The zero-order chi connectivity index (χ0) is 26.4. The van der Waals surface area contributed by atoms with Crippen molar-refractivity contribution in [2.75, 3.05) is 0 Å². The Labute approximate surface area is 221 Å². The molecule has 0 aliphatic rings. The Hall–Kier alpha value is -2.87. The highest BCUT2D eigenvalue weighted by atomic mass is 16.5. The van der Waals surface area contributed by atoms with Gasteiger partial charge in [0, 0.05) is 6.08 Å². The minimum Gasteiger partial charge on any atom is -0.423 e. The van der Waals surface area contributed by atoms with Crippen molar-refractivity contribution >= 4 is 5.97 Å². The van der Waals surface area contributed by atoms with E-state index in [0.717, 1.165) is 17.5 Å². The molecule has 0 radical (unpaired) electrons. The number of para-hydroxylation sites is 1. The van der Waals surface area contributed by atoms with Gasteiger partial charge in [0.25, 0.3) is 0 Å². The van der Waals surface area contributed by atoms with Crippen molar-refractivity contribution in [2.24, 2.45) is 0 Å². The van der Waals surface area contributed by atoms with Gasteiger partial charge < -0.3 is 4.74 Å². The van der Waals surface area contributed by atoms with Crippen molar-refractivity contribution in [3.05, 3.63) is 102 Å². The Kier molecular flexibility index (Phi) is 17.6. The number of benzene rings is 1. The van der Waals surface area contributed by atoms with E-state index in [1.807, 2.05) is 60.7 Å². The summed E-state index contributed by atoms with van der Waals surface area (Å²) >= 11 is 0. The molecule has 0 unspecified atom stereocenters. The molecule has 1 aromatic rings. The summed E-state index contributed by atoms with van der Waals surface area (Å²) in [7, 11) is 0. The predicted molar refractivity (Wildman–Crippen MR) is 158 cm³/mol. The summed E-state index contributed by atoms with van der Waals surface area (Å²) in [5.74, 6) is 0.916. The van der Waals surface area contributed by atoms with Gasteiger partial charge in [-0.15, -0.1) is 0 Å². The molecule has 0 saturated heterocycles. The number of unbranched alkanes of at least 4 members (excludes halogenated alkanes) is 7. The third-order valence-electron chi connectivity index (χ3n) is 5.87. The molecule has 0 atom stereocenters. The largest absolute Gasteiger partial charge is 0.423 e. The topological polar surface area (TPSA) is 26.3 Å². The number of ether oxygens (including phenoxy) is 1. The van der Waals surface area contributed by atoms with Crippen molar-refractivity contribution in [3.8, 4) is 5.75 Å². The number of hydrogen-bond donors (Lipinski definition) is 0. The number of rotatable bonds is 17. The fourth-order valence-electron chi connectivity index (χ4n) is 3.78. The molecule has 2 nitrogen and oxygen atoms in total. The van der Waals surface area contributed by atoms with Crippen LogP contribution in [0.2, 0.25) is 0 Å². The average molecular weight is 489 g/mol. The molecule has 1 aromatic carbocycles. The van der Waals surface area contributed by atoms with E-state index in [0.29, 0.717) is 5.75 Å². The van der Waals surface area contributed by atoms with Gasteiger partial charge in [-0.1, -0.05) is 158 Å². The fraction of sp³-hybridized carbons (Fsp3) is 0.441. The highest BCUT2D eigenvalue weighted by Crippen LogP contribution is 2.34. The maximum Gasteiger partial charge on any atom is 0.336 e. The number of allylic oxidation sites excluding steroid dienone is 11. The van der Waals surface area contributed by atoms with Crippen LogP contribution < -0.4 is 4.74 Å². The molecule has 196 valence electrons. The van der Waals surface area contributed by atoms with Gasteiger partial charge in [-0.2, -0.15) is 0 Å². The lowest BCUT2D eigenvalue weighted by Gasteiger charge is -2.18. The van der Waals surface area contributed by atoms with E-state index >= 15 is 0 Å². The van der Waals surface area contributed by atoms with Crippen molar-refractivity contribution in [2.45, 2.75) is 97.8 Å². The molecular formula is C34H48O2. The first kappa shape index (κ1) is 31.2. The Balaban J connectivity index is 2.33. The van der Waals surface area contributed by atoms with E-state index < -0.39 is 0 Å². The van der Waals surface area contributed by atoms with Crippen molar-refractivity contribution in [3.63, 3.8) is 0 Å². The van der Waals surface area contributed by atoms with Crippen LogP contribution in [0.25, 0.3) is 0 Å². The minimum absolute atomic E-state index is 0.286. The third kappa shape index (κ3) is 14.5. The van der Waals surface area contributed by atoms with Gasteiger partial charge >= 0.3 is 5.97 Å². The zero-order valence-corrected chi connectivity index (χ0v) is 23.3. The third-order valence-corrected chi connectivity index (χ3v) is 5.87. The first-order valence-electron chi connectivity index (χ1n) is 13.8. The molecule has 0 aromatic heterocycles. The molecule has 0 fully saturated rings. The minimum atomic E-state index is -0.358. The van der Waals surface area contributed by atoms with E-state index in [1.54, 1.807) is 6.08 Å². The van der Waals surface area contributed by atoms with E-state index in [9.17, 15) is 4.79 Å². The van der Waals surface area contributed by atoms with Crippen LogP contribution in [-0.2, 0) is 4.79 Å². The van der Waals surface area contributed by atoms with Crippen LogP contribution in [0.5, 0.6) is 5.75 Å². The molecule has 0 aliphatic heterocycles. The van der Waals surface area contributed by atoms with E-state index in [-0.39, 0.29) is 17.8 Å². The van der Waals surface area contributed by atoms with Gasteiger partial charge in [0.15, 0.2) is 0 Å². The quantitative estimate of drug-likeness (QED) is 0.0716. The number of esters is 1. The molecule has 0 heterocycles. The van der Waals surface area contributed by atoms with Crippen molar-refractivity contribution < 1.29 is 9.53 Å². The smallest absolute Gasteiger partial charge is 0.336 e. The van der Waals surface area contributed by atoms with Crippen molar-refractivity contribution in [1.29, 1.82) is 0 Å². The second kappa shape index (κ2) is 20.3. The summed E-state index contributed by atoms with van der Waals surface area (Å²) in [6.45, 7) is 10.7. The Bertz CT molecular complexity index is 881. The summed E-state index contributed by atoms with van der Waals surface area (Å²) < 4.78 is 5.73. The molecule has 36 heavy (non-hydrogen) atoms.